The van der Waals surface area contributed by atoms with E-state index in [9.17, 15) is 13.3 Å². The van der Waals surface area contributed by atoms with Gasteiger partial charge in [0.2, 0.25) is 0 Å². The summed E-state index contributed by atoms with van der Waals surface area (Å²) in [5, 5.41) is 0. The van der Waals surface area contributed by atoms with Crippen LogP contribution in [-0.4, -0.2) is 21.4 Å². The molecule has 0 fully saturated rings. The van der Waals surface area contributed by atoms with Gasteiger partial charge >= 0.3 is 0 Å². The quantitative estimate of drug-likeness (QED) is 0.498. The largest absolute Gasteiger partial charge is 0.598 e. The summed E-state index contributed by atoms with van der Waals surface area (Å²) in [6.45, 7) is 5.58. The van der Waals surface area contributed by atoms with Gasteiger partial charge in [-0.15, -0.1) is 4.72 Å². The van der Waals surface area contributed by atoms with E-state index in [1.54, 1.807) is 13.3 Å². The van der Waals surface area contributed by atoms with Gasteiger partial charge in [0, 0.05) is 29.2 Å². The molecule has 1 unspecified atom stereocenters. The van der Waals surface area contributed by atoms with Gasteiger partial charge in [-0.2, -0.15) is 0 Å². The molecule has 2 aromatic carbocycles. The molecular weight excluding hydrogens is 418 g/mol. The molecule has 1 aromatic heterocycles. The summed E-state index contributed by atoms with van der Waals surface area (Å²) < 4.78 is 48.4. The lowest BCUT2D eigenvalue weighted by atomic mass is 9.96. The number of benzene rings is 2. The maximum absolute atomic E-state index is 13.8. The number of aromatic nitrogens is 1. The molecule has 1 heterocycles. The second-order valence-electron chi connectivity index (χ2n) is 8.20. The summed E-state index contributed by atoms with van der Waals surface area (Å²) >= 11 is -1.42. The minimum Gasteiger partial charge on any atom is -0.598 e. The summed E-state index contributed by atoms with van der Waals surface area (Å²) in [7, 11) is 1.60. The van der Waals surface area contributed by atoms with E-state index in [0.717, 1.165) is 22.9 Å². The molecule has 0 spiro atoms. The van der Waals surface area contributed by atoms with E-state index in [1.807, 2.05) is 57.2 Å². The third-order valence-electron chi connectivity index (χ3n) is 4.74. The highest BCUT2D eigenvalue weighted by Crippen LogP contribution is 2.31. The first-order chi connectivity index (χ1) is 14.7. The molecule has 0 bridgehead atoms. The third-order valence-corrected chi connectivity index (χ3v) is 6.35. The Morgan fingerprint density at radius 1 is 1.06 bits per heavy atom. The highest BCUT2D eigenvalue weighted by atomic mass is 32.2. The van der Waals surface area contributed by atoms with Crippen molar-refractivity contribution >= 4 is 11.4 Å². The van der Waals surface area contributed by atoms with Crippen LogP contribution in [0.2, 0.25) is 0 Å². The smallest absolute Gasteiger partial charge is 0.136 e. The average Bonchev–Trinajstić information content (AvgIpc) is 2.72. The number of halogens is 2. The summed E-state index contributed by atoms with van der Waals surface area (Å²) in [6, 6.07) is 14.2. The van der Waals surface area contributed by atoms with Crippen LogP contribution in [0.3, 0.4) is 0 Å². The zero-order valence-electron chi connectivity index (χ0n) is 18.0. The third kappa shape index (κ3) is 6.03. The van der Waals surface area contributed by atoms with Crippen molar-refractivity contribution < 1.29 is 18.1 Å². The fraction of sp³-hybridized carbons (Fsp3) is 0.292. The summed E-state index contributed by atoms with van der Waals surface area (Å²) in [6.07, 6.45) is 1.87. The molecule has 31 heavy (non-hydrogen) atoms. The van der Waals surface area contributed by atoms with Crippen molar-refractivity contribution in [1.29, 1.82) is 0 Å². The Labute approximate surface area is 185 Å². The van der Waals surface area contributed by atoms with Gasteiger partial charge in [-0.05, 0) is 68.7 Å². The van der Waals surface area contributed by atoms with Crippen LogP contribution in [-0.2, 0) is 17.8 Å². The molecule has 3 rings (SSSR count). The highest BCUT2D eigenvalue weighted by Gasteiger charge is 2.31. The van der Waals surface area contributed by atoms with Crippen molar-refractivity contribution in [2.45, 2.75) is 38.0 Å². The Hall–Kier alpha value is -2.48. The molecule has 164 valence electrons. The van der Waals surface area contributed by atoms with Gasteiger partial charge in [-0.25, -0.2) is 8.78 Å². The maximum atomic E-state index is 13.8. The van der Waals surface area contributed by atoms with Gasteiger partial charge < -0.3 is 9.29 Å². The van der Waals surface area contributed by atoms with Crippen molar-refractivity contribution in [3.05, 3.63) is 83.7 Å². The van der Waals surface area contributed by atoms with Crippen molar-refractivity contribution in [1.82, 2.24) is 9.71 Å². The molecule has 0 radical (unpaired) electrons. The SMILES string of the molecule is COc1ccc(-c2cccnc2[C@@H](Cc2cc(F)cc(F)c2)N[S+]([O-])C(C)(C)C)cc1. The molecule has 0 saturated carbocycles. The number of hydrogen-bond acceptors (Lipinski definition) is 4. The van der Waals surface area contributed by atoms with Gasteiger partial charge in [0.25, 0.3) is 0 Å². The molecular formula is C24H26F2N2O2S. The zero-order valence-corrected chi connectivity index (χ0v) is 18.8. The fourth-order valence-corrected chi connectivity index (χ4v) is 3.98. The Morgan fingerprint density at radius 3 is 2.29 bits per heavy atom. The van der Waals surface area contributed by atoms with Crippen LogP contribution < -0.4 is 9.46 Å². The first-order valence-corrected chi connectivity index (χ1v) is 11.0. The Bertz CT molecular complexity index is 1000. The lowest BCUT2D eigenvalue weighted by molar-refractivity contribution is 0.415. The second kappa shape index (κ2) is 9.77. The van der Waals surface area contributed by atoms with Crippen LogP contribution in [0.15, 0.2) is 60.8 Å². The number of rotatable bonds is 7. The summed E-state index contributed by atoms with van der Waals surface area (Å²) in [5.74, 6) is -0.572. The van der Waals surface area contributed by atoms with Crippen molar-refractivity contribution in [2.24, 2.45) is 0 Å². The summed E-state index contributed by atoms with van der Waals surface area (Å²) in [5.41, 5.74) is 2.84. The van der Waals surface area contributed by atoms with Gasteiger partial charge in [0.05, 0.1) is 18.8 Å². The lowest BCUT2D eigenvalue weighted by Gasteiger charge is -2.28. The maximum Gasteiger partial charge on any atom is 0.136 e. The van der Waals surface area contributed by atoms with Crippen LogP contribution in [0.5, 0.6) is 5.75 Å². The van der Waals surface area contributed by atoms with Crippen molar-refractivity contribution in [3.8, 4) is 16.9 Å². The molecule has 3 aromatic rings. The molecule has 1 N–H and O–H groups in total. The van der Waals surface area contributed by atoms with E-state index in [1.165, 1.54) is 12.1 Å². The predicted octanol–water partition coefficient (Wildman–Crippen LogP) is 5.37. The number of nitrogens with zero attached hydrogens (tertiary/aromatic N) is 1. The normalized spacial score (nSPS) is 13.6. The first-order valence-electron chi connectivity index (χ1n) is 9.89. The minimum atomic E-state index is -1.42. The second-order valence-corrected chi connectivity index (χ2v) is 10.2. The van der Waals surface area contributed by atoms with Gasteiger partial charge in [0.15, 0.2) is 0 Å². The van der Waals surface area contributed by atoms with Crippen LogP contribution in [0.1, 0.15) is 38.1 Å². The fourth-order valence-electron chi connectivity index (χ4n) is 3.17. The number of methoxy groups -OCH3 is 1. The van der Waals surface area contributed by atoms with E-state index in [-0.39, 0.29) is 6.42 Å². The van der Waals surface area contributed by atoms with Gasteiger partial charge in [0.1, 0.15) is 22.1 Å². The molecule has 7 heteroatoms. The van der Waals surface area contributed by atoms with Crippen LogP contribution in [0, 0.1) is 11.6 Å². The minimum absolute atomic E-state index is 0.219. The molecule has 0 amide bonds. The van der Waals surface area contributed by atoms with E-state index in [4.69, 9.17) is 4.74 Å². The number of nitrogens with one attached hydrogen (secondary N) is 1. The van der Waals surface area contributed by atoms with Crippen LogP contribution in [0.4, 0.5) is 8.78 Å². The van der Waals surface area contributed by atoms with Crippen molar-refractivity contribution in [2.75, 3.05) is 7.11 Å². The van der Waals surface area contributed by atoms with E-state index in [2.05, 4.69) is 9.71 Å². The van der Waals surface area contributed by atoms with E-state index < -0.39 is 33.8 Å². The Kier molecular flexibility index (Phi) is 7.30. The Morgan fingerprint density at radius 2 is 1.71 bits per heavy atom. The predicted molar refractivity (Wildman–Crippen MR) is 120 cm³/mol. The Balaban J connectivity index is 2.04. The molecule has 0 aliphatic heterocycles. The van der Waals surface area contributed by atoms with Crippen molar-refractivity contribution in [3.63, 3.8) is 0 Å². The van der Waals surface area contributed by atoms with E-state index in [0.29, 0.717) is 11.3 Å². The summed E-state index contributed by atoms with van der Waals surface area (Å²) in [4.78, 5) is 4.56. The molecule has 4 nitrogen and oxygen atoms in total. The number of pyridine rings is 1. The molecule has 2 atom stereocenters. The number of hydrogen-bond donors (Lipinski definition) is 1. The topological polar surface area (TPSA) is 57.2 Å². The van der Waals surface area contributed by atoms with Gasteiger partial charge in [-0.3, -0.25) is 4.98 Å². The van der Waals surface area contributed by atoms with E-state index >= 15 is 0 Å². The molecule has 0 aliphatic rings. The van der Waals surface area contributed by atoms with Crippen LogP contribution >= 0.6 is 0 Å². The van der Waals surface area contributed by atoms with Gasteiger partial charge in [-0.1, -0.05) is 18.2 Å². The monoisotopic (exact) mass is 444 g/mol. The standard InChI is InChI=1S/C24H26F2N2O2S/c1-24(2,3)31(29)28-22(14-16-12-18(25)15-19(26)13-16)23-21(6-5-11-27-23)17-7-9-20(30-4)10-8-17/h5-13,15,22,28H,14H2,1-4H3/t22-,31?/m1/s1. The van der Waals surface area contributed by atoms with Crippen LogP contribution in [0.25, 0.3) is 11.1 Å². The first kappa shape index (κ1) is 23.2. The number of ether oxygens (including phenoxy) is 1. The molecule has 0 aliphatic carbocycles. The zero-order chi connectivity index (χ0) is 22.6. The lowest BCUT2D eigenvalue weighted by Crippen LogP contribution is -2.42. The molecule has 0 saturated heterocycles. The highest BCUT2D eigenvalue weighted by molar-refractivity contribution is 7.90. The average molecular weight is 445 g/mol.